The largest absolute Gasteiger partial charge is 0.158 e. The molecule has 0 saturated carbocycles. The summed E-state index contributed by atoms with van der Waals surface area (Å²) < 4.78 is 0. The summed E-state index contributed by atoms with van der Waals surface area (Å²) in [5.74, 6) is 0. The topological polar surface area (TPSA) is 0 Å². The maximum Gasteiger partial charge on any atom is 0.158 e. The van der Waals surface area contributed by atoms with Gasteiger partial charge in [-0.25, -0.2) is 0 Å². The molecule has 0 unspecified atom stereocenters. The van der Waals surface area contributed by atoms with Crippen LogP contribution in [-0.4, -0.2) is 0 Å². The SMILES string of the molecule is CCc1ccc([SH+]c2ccc(C(C)(C)C)cc2)cc1. The molecule has 0 spiro atoms. The fraction of sp³-hybridized carbons (Fsp3) is 0.333. The number of thiol groups is 1. The van der Waals surface area contributed by atoms with Gasteiger partial charge in [-0.05, 0) is 47.2 Å². The van der Waals surface area contributed by atoms with Crippen LogP contribution in [0.25, 0.3) is 0 Å². The molecule has 2 rings (SSSR count). The van der Waals surface area contributed by atoms with Gasteiger partial charge in [0.05, 0.1) is 0 Å². The lowest BCUT2D eigenvalue weighted by Gasteiger charge is -2.18. The molecule has 0 saturated heterocycles. The van der Waals surface area contributed by atoms with Crippen LogP contribution in [-0.2, 0) is 23.6 Å². The second-order valence-corrected chi connectivity index (χ2v) is 7.19. The van der Waals surface area contributed by atoms with Gasteiger partial charge in [-0.1, -0.05) is 52.0 Å². The molecule has 0 amide bonds. The Morgan fingerprint density at radius 3 is 1.68 bits per heavy atom. The van der Waals surface area contributed by atoms with Crippen LogP contribution < -0.4 is 0 Å². The van der Waals surface area contributed by atoms with E-state index in [4.69, 9.17) is 0 Å². The summed E-state index contributed by atoms with van der Waals surface area (Å²) in [5, 5.41) is 0. The maximum absolute atomic E-state index is 2.25. The highest BCUT2D eigenvalue weighted by Crippen LogP contribution is 2.23. The Morgan fingerprint density at radius 1 is 0.789 bits per heavy atom. The molecule has 0 bridgehead atoms. The van der Waals surface area contributed by atoms with Crippen molar-refractivity contribution in [2.75, 3.05) is 0 Å². The molecule has 0 aliphatic rings. The first-order valence-electron chi connectivity index (χ1n) is 6.90. The van der Waals surface area contributed by atoms with Crippen LogP contribution in [0.2, 0.25) is 0 Å². The number of rotatable bonds is 3. The minimum atomic E-state index is 0.234. The molecule has 0 heterocycles. The Kier molecular flexibility index (Phi) is 4.36. The van der Waals surface area contributed by atoms with Crippen LogP contribution in [0.5, 0.6) is 0 Å². The van der Waals surface area contributed by atoms with Crippen molar-refractivity contribution >= 4 is 11.8 Å². The molecule has 0 nitrogen and oxygen atoms in total. The first kappa shape index (κ1) is 14.2. The summed E-state index contributed by atoms with van der Waals surface area (Å²) in [4.78, 5) is 2.72. The molecular weight excluding hydrogens is 248 g/mol. The van der Waals surface area contributed by atoms with Gasteiger partial charge >= 0.3 is 0 Å². The molecule has 1 heteroatoms. The fourth-order valence-electron chi connectivity index (χ4n) is 1.99. The highest BCUT2D eigenvalue weighted by Gasteiger charge is 2.14. The molecular formula is C18H23S+. The van der Waals surface area contributed by atoms with Crippen LogP contribution in [0.3, 0.4) is 0 Å². The van der Waals surface area contributed by atoms with E-state index in [1.807, 2.05) is 0 Å². The second kappa shape index (κ2) is 5.83. The molecule has 0 fully saturated rings. The second-order valence-electron chi connectivity index (χ2n) is 5.93. The van der Waals surface area contributed by atoms with E-state index in [1.54, 1.807) is 0 Å². The third kappa shape index (κ3) is 3.87. The molecule has 0 N–H and O–H groups in total. The molecule has 0 aromatic heterocycles. The van der Waals surface area contributed by atoms with Gasteiger partial charge in [-0.3, -0.25) is 0 Å². The first-order chi connectivity index (χ1) is 8.99. The van der Waals surface area contributed by atoms with Crippen molar-refractivity contribution in [3.63, 3.8) is 0 Å². The van der Waals surface area contributed by atoms with E-state index < -0.39 is 0 Å². The van der Waals surface area contributed by atoms with E-state index in [0.717, 1.165) is 6.42 Å². The van der Waals surface area contributed by atoms with Crippen molar-refractivity contribution < 1.29 is 0 Å². The average Bonchev–Trinajstić information content (AvgIpc) is 2.39. The Morgan fingerprint density at radius 2 is 1.26 bits per heavy atom. The summed E-state index contributed by atoms with van der Waals surface area (Å²) in [6, 6.07) is 17.9. The van der Waals surface area contributed by atoms with Gasteiger partial charge in [-0.15, -0.1) is 0 Å². The lowest BCUT2D eigenvalue weighted by atomic mass is 9.87. The normalized spacial score (nSPS) is 11.6. The highest BCUT2D eigenvalue weighted by molar-refractivity contribution is 7.78. The van der Waals surface area contributed by atoms with Crippen LogP contribution >= 0.6 is 0 Å². The summed E-state index contributed by atoms with van der Waals surface area (Å²) in [5.41, 5.74) is 3.04. The van der Waals surface area contributed by atoms with Crippen LogP contribution in [0.1, 0.15) is 38.8 Å². The van der Waals surface area contributed by atoms with Crippen molar-refractivity contribution in [3.8, 4) is 0 Å². The number of hydrogen-bond acceptors (Lipinski definition) is 0. The van der Waals surface area contributed by atoms with Crippen molar-refractivity contribution in [1.29, 1.82) is 0 Å². The van der Waals surface area contributed by atoms with Gasteiger partial charge in [0.1, 0.15) is 0 Å². The smallest absolute Gasteiger partial charge is 0.0613 e. The van der Waals surface area contributed by atoms with Crippen molar-refractivity contribution in [3.05, 3.63) is 59.7 Å². The average molecular weight is 271 g/mol. The lowest BCUT2D eigenvalue weighted by molar-refractivity contribution is 0.590. The van der Waals surface area contributed by atoms with Gasteiger partial charge in [0, 0.05) is 11.8 Å². The molecule has 2 aromatic rings. The summed E-state index contributed by atoms with van der Waals surface area (Å²) >= 11 is 1.29. The van der Waals surface area contributed by atoms with Gasteiger partial charge in [0.25, 0.3) is 0 Å². The van der Waals surface area contributed by atoms with Gasteiger partial charge in [0.15, 0.2) is 9.79 Å². The number of aryl methyl sites for hydroxylation is 1. The molecule has 0 atom stereocenters. The van der Waals surface area contributed by atoms with Crippen molar-refractivity contribution in [2.45, 2.75) is 49.3 Å². The Labute approximate surface area is 121 Å². The monoisotopic (exact) mass is 271 g/mol. The van der Waals surface area contributed by atoms with Crippen LogP contribution in [0.15, 0.2) is 58.3 Å². The molecule has 2 aromatic carbocycles. The number of benzene rings is 2. The Balaban J connectivity index is 2.10. The minimum absolute atomic E-state index is 0.234. The standard InChI is InChI=1S/C18H22S/c1-5-14-6-10-16(11-7-14)19-17-12-8-15(9-13-17)18(2,3)4/h6-13H,5H2,1-4H3/p+1. The Bertz CT molecular complexity index is 515. The van der Waals surface area contributed by atoms with Gasteiger partial charge in [-0.2, -0.15) is 0 Å². The summed E-state index contributed by atoms with van der Waals surface area (Å²) in [6.45, 7) is 8.95. The third-order valence-corrected chi connectivity index (χ3v) is 4.45. The molecule has 19 heavy (non-hydrogen) atoms. The first-order valence-corrected chi connectivity index (χ1v) is 7.80. The third-order valence-electron chi connectivity index (χ3n) is 3.34. The minimum Gasteiger partial charge on any atom is -0.0613 e. The number of hydrogen-bond donors (Lipinski definition) is 0. The maximum atomic E-state index is 2.25. The van der Waals surface area contributed by atoms with Crippen LogP contribution in [0, 0.1) is 0 Å². The van der Waals surface area contributed by atoms with E-state index >= 15 is 0 Å². The summed E-state index contributed by atoms with van der Waals surface area (Å²) in [7, 11) is 0. The van der Waals surface area contributed by atoms with E-state index in [1.165, 1.54) is 32.7 Å². The zero-order chi connectivity index (χ0) is 13.9. The van der Waals surface area contributed by atoms with Crippen molar-refractivity contribution in [2.24, 2.45) is 0 Å². The zero-order valence-electron chi connectivity index (χ0n) is 12.3. The molecule has 100 valence electrons. The van der Waals surface area contributed by atoms with E-state index in [0.29, 0.717) is 0 Å². The zero-order valence-corrected chi connectivity index (χ0v) is 13.2. The highest BCUT2D eigenvalue weighted by atomic mass is 32.2. The van der Waals surface area contributed by atoms with Crippen molar-refractivity contribution in [1.82, 2.24) is 0 Å². The quantitative estimate of drug-likeness (QED) is 0.557. The van der Waals surface area contributed by atoms with Crippen LogP contribution in [0.4, 0.5) is 0 Å². The van der Waals surface area contributed by atoms with E-state index in [2.05, 4.69) is 76.2 Å². The van der Waals surface area contributed by atoms with Gasteiger partial charge < -0.3 is 0 Å². The van der Waals surface area contributed by atoms with E-state index in [9.17, 15) is 0 Å². The molecule has 0 aliphatic carbocycles. The Hall–Kier alpha value is -1.21. The molecule has 0 radical (unpaired) electrons. The fourth-order valence-corrected chi connectivity index (χ4v) is 2.89. The van der Waals surface area contributed by atoms with E-state index in [-0.39, 0.29) is 5.41 Å². The predicted molar refractivity (Wildman–Crippen MR) is 86.3 cm³/mol. The molecule has 0 aliphatic heterocycles. The van der Waals surface area contributed by atoms with Gasteiger partial charge in [0.2, 0.25) is 0 Å². The lowest BCUT2D eigenvalue weighted by Crippen LogP contribution is -2.10. The predicted octanol–water partition coefficient (Wildman–Crippen LogP) is 4.78. The summed E-state index contributed by atoms with van der Waals surface area (Å²) in [6.07, 6.45) is 1.11.